The minimum atomic E-state index is -0.269. The summed E-state index contributed by atoms with van der Waals surface area (Å²) < 4.78 is 12.7. The van der Waals surface area contributed by atoms with Gasteiger partial charge in [0, 0.05) is 12.0 Å². The molecular formula is C21H24N4O3. The third kappa shape index (κ3) is 3.93. The Morgan fingerprint density at radius 2 is 2.18 bits per heavy atom. The normalized spacial score (nSPS) is 15.9. The highest BCUT2D eigenvalue weighted by Gasteiger charge is 2.27. The molecule has 4 rings (SSSR count). The summed E-state index contributed by atoms with van der Waals surface area (Å²) in [6.45, 7) is 4.56. The topological polar surface area (TPSA) is 82.2 Å². The highest BCUT2D eigenvalue weighted by atomic mass is 16.5. The molecule has 0 fully saturated rings. The number of anilines is 1. The molecule has 1 aliphatic carbocycles. The second-order valence-electron chi connectivity index (χ2n) is 7.27. The molecule has 0 spiro atoms. The van der Waals surface area contributed by atoms with Crippen molar-refractivity contribution in [2.45, 2.75) is 46.3 Å². The molecule has 28 heavy (non-hydrogen) atoms. The maximum Gasteiger partial charge on any atom is 0.278 e. The average molecular weight is 380 g/mol. The van der Waals surface area contributed by atoms with E-state index in [1.807, 2.05) is 24.3 Å². The summed E-state index contributed by atoms with van der Waals surface area (Å²) in [5, 5.41) is 11.1. The van der Waals surface area contributed by atoms with Crippen molar-refractivity contribution in [2.75, 3.05) is 5.32 Å². The number of aryl methyl sites for hydroxylation is 2. The zero-order valence-electron chi connectivity index (χ0n) is 16.1. The van der Waals surface area contributed by atoms with Crippen molar-refractivity contribution in [3.05, 3.63) is 59.2 Å². The first-order valence-corrected chi connectivity index (χ1v) is 9.65. The fraction of sp³-hybridized carbons (Fsp3) is 0.381. The maximum absolute atomic E-state index is 12.6. The Morgan fingerprint density at radius 1 is 1.36 bits per heavy atom. The molecule has 1 aliphatic rings. The van der Waals surface area contributed by atoms with E-state index >= 15 is 0 Å². The molecule has 1 N–H and O–H groups in total. The van der Waals surface area contributed by atoms with Crippen LogP contribution in [0.15, 0.2) is 41.2 Å². The first kappa shape index (κ1) is 18.3. The number of benzene rings is 1. The van der Waals surface area contributed by atoms with Gasteiger partial charge in [-0.15, -0.1) is 0 Å². The largest absolute Gasteiger partial charge is 0.471 e. The quantitative estimate of drug-likeness (QED) is 0.702. The zero-order chi connectivity index (χ0) is 19.5. The highest BCUT2D eigenvalue weighted by Crippen LogP contribution is 2.28. The molecule has 0 radical (unpaired) electrons. The lowest BCUT2D eigenvalue weighted by Crippen LogP contribution is -2.17. The van der Waals surface area contributed by atoms with Crippen molar-refractivity contribution < 1.29 is 14.1 Å². The second-order valence-corrected chi connectivity index (χ2v) is 7.27. The molecule has 0 aliphatic heterocycles. The molecule has 1 atom stereocenters. The van der Waals surface area contributed by atoms with Crippen LogP contribution in [0.5, 0.6) is 5.75 Å². The summed E-state index contributed by atoms with van der Waals surface area (Å²) in [5.41, 5.74) is 3.17. The van der Waals surface area contributed by atoms with Gasteiger partial charge in [0.1, 0.15) is 11.5 Å². The van der Waals surface area contributed by atoms with Crippen molar-refractivity contribution in [3.63, 3.8) is 0 Å². The van der Waals surface area contributed by atoms with E-state index in [4.69, 9.17) is 9.26 Å². The first-order chi connectivity index (χ1) is 13.6. The molecule has 0 bridgehead atoms. The van der Waals surface area contributed by atoms with Crippen LogP contribution in [0.2, 0.25) is 0 Å². The summed E-state index contributed by atoms with van der Waals surface area (Å²) >= 11 is 0. The minimum absolute atomic E-state index is 0.262. The number of amides is 1. The Hall–Kier alpha value is -3.09. The number of fused-ring (bicyclic) bond motifs is 1. The monoisotopic (exact) mass is 380 g/mol. The first-order valence-electron chi connectivity index (χ1n) is 9.65. The van der Waals surface area contributed by atoms with Crippen LogP contribution in [-0.2, 0) is 26.0 Å². The SMILES string of the molecule is CCc1ccc(OCn2cc(NC(=O)c3noc4c3CC(C)CC4)cn2)cc1. The number of hydrogen-bond donors (Lipinski definition) is 1. The van der Waals surface area contributed by atoms with Crippen molar-refractivity contribution in [3.8, 4) is 5.75 Å². The Morgan fingerprint density at radius 3 is 2.96 bits per heavy atom. The smallest absolute Gasteiger partial charge is 0.278 e. The van der Waals surface area contributed by atoms with E-state index in [0.717, 1.165) is 42.8 Å². The van der Waals surface area contributed by atoms with Gasteiger partial charge in [-0.25, -0.2) is 4.68 Å². The van der Waals surface area contributed by atoms with Crippen LogP contribution < -0.4 is 10.1 Å². The van der Waals surface area contributed by atoms with Crippen LogP contribution in [0.25, 0.3) is 0 Å². The number of ether oxygens (including phenoxy) is 1. The van der Waals surface area contributed by atoms with Gasteiger partial charge in [-0.3, -0.25) is 4.79 Å². The van der Waals surface area contributed by atoms with Gasteiger partial charge in [0.15, 0.2) is 12.4 Å². The number of rotatable bonds is 6. The van der Waals surface area contributed by atoms with Gasteiger partial charge in [-0.2, -0.15) is 5.10 Å². The molecule has 2 aromatic heterocycles. The Balaban J connectivity index is 1.37. The molecule has 0 saturated heterocycles. The van der Waals surface area contributed by atoms with E-state index in [2.05, 4.69) is 29.4 Å². The molecule has 3 aromatic rings. The standard InChI is InChI=1S/C21H24N4O3/c1-3-15-5-7-17(8-6-15)27-13-25-12-16(11-22-25)23-21(26)20-18-10-14(2)4-9-19(18)28-24-20/h5-8,11-12,14H,3-4,9-10,13H2,1-2H3,(H,23,26). The number of hydrogen-bond acceptors (Lipinski definition) is 5. The number of carbonyl (C=O) groups excluding carboxylic acids is 1. The van der Waals surface area contributed by atoms with Gasteiger partial charge >= 0.3 is 0 Å². The van der Waals surface area contributed by atoms with E-state index < -0.39 is 0 Å². The van der Waals surface area contributed by atoms with Crippen LogP contribution in [0, 0.1) is 5.92 Å². The van der Waals surface area contributed by atoms with Gasteiger partial charge in [0.25, 0.3) is 5.91 Å². The molecule has 0 saturated carbocycles. The Kier molecular flexibility index (Phi) is 5.14. The molecule has 7 heteroatoms. The van der Waals surface area contributed by atoms with E-state index in [-0.39, 0.29) is 12.6 Å². The van der Waals surface area contributed by atoms with Crippen molar-refractivity contribution >= 4 is 11.6 Å². The Labute approximate surface area is 163 Å². The number of nitrogens with zero attached hydrogens (tertiary/aromatic N) is 3. The van der Waals surface area contributed by atoms with Crippen LogP contribution >= 0.6 is 0 Å². The van der Waals surface area contributed by atoms with Crippen molar-refractivity contribution in [1.82, 2.24) is 14.9 Å². The lowest BCUT2D eigenvalue weighted by atomic mass is 9.88. The lowest BCUT2D eigenvalue weighted by Gasteiger charge is -2.16. The molecule has 7 nitrogen and oxygen atoms in total. The highest BCUT2D eigenvalue weighted by molar-refractivity contribution is 6.03. The summed E-state index contributed by atoms with van der Waals surface area (Å²) in [6.07, 6.45) is 7.05. The van der Waals surface area contributed by atoms with Crippen LogP contribution in [-0.4, -0.2) is 20.8 Å². The minimum Gasteiger partial charge on any atom is -0.471 e. The summed E-state index contributed by atoms with van der Waals surface area (Å²) in [4.78, 5) is 12.6. The fourth-order valence-electron chi connectivity index (χ4n) is 3.41. The molecular weight excluding hydrogens is 356 g/mol. The molecule has 1 amide bonds. The van der Waals surface area contributed by atoms with Crippen LogP contribution in [0.3, 0.4) is 0 Å². The summed E-state index contributed by atoms with van der Waals surface area (Å²) in [6, 6.07) is 7.98. The van der Waals surface area contributed by atoms with Gasteiger partial charge < -0.3 is 14.6 Å². The van der Waals surface area contributed by atoms with E-state index in [1.165, 1.54) is 5.56 Å². The molecule has 2 heterocycles. The Bertz CT molecular complexity index is 958. The fourth-order valence-corrected chi connectivity index (χ4v) is 3.41. The molecule has 1 aromatic carbocycles. The van der Waals surface area contributed by atoms with Crippen LogP contribution in [0.4, 0.5) is 5.69 Å². The maximum atomic E-state index is 12.6. The number of carbonyl (C=O) groups is 1. The number of aromatic nitrogens is 3. The number of nitrogens with one attached hydrogen (secondary N) is 1. The van der Waals surface area contributed by atoms with Gasteiger partial charge in [0.05, 0.1) is 18.1 Å². The molecule has 1 unspecified atom stereocenters. The van der Waals surface area contributed by atoms with E-state index in [0.29, 0.717) is 17.3 Å². The lowest BCUT2D eigenvalue weighted by molar-refractivity contribution is 0.101. The average Bonchev–Trinajstić information content (AvgIpc) is 3.33. The van der Waals surface area contributed by atoms with Crippen molar-refractivity contribution in [1.29, 1.82) is 0 Å². The van der Waals surface area contributed by atoms with E-state index in [9.17, 15) is 4.79 Å². The third-order valence-electron chi connectivity index (χ3n) is 5.09. The predicted molar refractivity (Wildman–Crippen MR) is 104 cm³/mol. The second kappa shape index (κ2) is 7.88. The van der Waals surface area contributed by atoms with Crippen molar-refractivity contribution in [2.24, 2.45) is 5.92 Å². The zero-order valence-corrected chi connectivity index (χ0v) is 16.1. The van der Waals surface area contributed by atoms with E-state index in [1.54, 1.807) is 17.1 Å². The van der Waals surface area contributed by atoms with Crippen LogP contribution in [0.1, 0.15) is 47.6 Å². The predicted octanol–water partition coefficient (Wildman–Crippen LogP) is 3.85. The summed E-state index contributed by atoms with van der Waals surface area (Å²) in [7, 11) is 0. The summed E-state index contributed by atoms with van der Waals surface area (Å²) in [5.74, 6) is 1.88. The molecule has 146 valence electrons. The third-order valence-corrected chi connectivity index (χ3v) is 5.09. The van der Waals surface area contributed by atoms with Gasteiger partial charge in [-0.05, 0) is 42.9 Å². The van der Waals surface area contributed by atoms with Gasteiger partial charge in [-0.1, -0.05) is 31.1 Å². The van der Waals surface area contributed by atoms with Gasteiger partial charge in [0.2, 0.25) is 0 Å².